The monoisotopic (exact) mass is 295 g/mol. The number of rotatable bonds is 5. The van der Waals surface area contributed by atoms with E-state index in [1.807, 2.05) is 18.2 Å². The first-order valence-electron chi connectivity index (χ1n) is 6.63. The van der Waals surface area contributed by atoms with Crippen molar-refractivity contribution in [1.82, 2.24) is 20.6 Å². The van der Waals surface area contributed by atoms with Crippen molar-refractivity contribution in [2.75, 3.05) is 11.9 Å². The maximum absolute atomic E-state index is 11.8. The summed E-state index contributed by atoms with van der Waals surface area (Å²) < 4.78 is 5.38. The fourth-order valence-corrected chi connectivity index (χ4v) is 1.85. The van der Waals surface area contributed by atoms with Gasteiger partial charge in [0.1, 0.15) is 5.75 Å². The van der Waals surface area contributed by atoms with E-state index in [1.165, 1.54) is 0 Å². The van der Waals surface area contributed by atoms with Gasteiger partial charge in [0.25, 0.3) is 5.91 Å². The molecule has 2 aromatic carbocycles. The lowest BCUT2D eigenvalue weighted by molar-refractivity contribution is -0.118. The number of H-pyrrole nitrogens is 1. The standard InChI is InChI=1S/C15H13N5O2/c21-14(10-22-13-4-2-1-3-5-13)16-12-8-6-11(7-9-12)15-17-19-20-18-15/h1-9H,10H2,(H,16,21)(H,17,18,19,20). The fourth-order valence-electron chi connectivity index (χ4n) is 1.85. The van der Waals surface area contributed by atoms with Crippen LogP contribution in [0.15, 0.2) is 54.6 Å². The van der Waals surface area contributed by atoms with Gasteiger partial charge < -0.3 is 10.1 Å². The summed E-state index contributed by atoms with van der Waals surface area (Å²) in [6, 6.07) is 16.3. The maximum atomic E-state index is 11.8. The summed E-state index contributed by atoms with van der Waals surface area (Å²) in [5, 5.41) is 16.4. The molecule has 0 aliphatic heterocycles. The van der Waals surface area contributed by atoms with Gasteiger partial charge in [0, 0.05) is 11.3 Å². The average molecular weight is 295 g/mol. The number of ether oxygens (including phenoxy) is 1. The van der Waals surface area contributed by atoms with Crippen LogP contribution in [0, 0.1) is 0 Å². The second-order valence-electron chi connectivity index (χ2n) is 4.46. The molecule has 0 bridgehead atoms. The zero-order valence-electron chi connectivity index (χ0n) is 11.6. The fraction of sp³-hybridized carbons (Fsp3) is 0.0667. The third-order valence-electron chi connectivity index (χ3n) is 2.89. The maximum Gasteiger partial charge on any atom is 0.262 e. The van der Waals surface area contributed by atoms with Crippen LogP contribution >= 0.6 is 0 Å². The third kappa shape index (κ3) is 3.45. The minimum absolute atomic E-state index is 0.0450. The van der Waals surface area contributed by atoms with Crippen LogP contribution in [-0.4, -0.2) is 33.1 Å². The second-order valence-corrected chi connectivity index (χ2v) is 4.46. The highest BCUT2D eigenvalue weighted by Crippen LogP contribution is 2.16. The quantitative estimate of drug-likeness (QED) is 0.749. The Morgan fingerprint density at radius 1 is 1.09 bits per heavy atom. The molecule has 0 spiro atoms. The molecule has 3 rings (SSSR count). The van der Waals surface area contributed by atoms with Crippen molar-refractivity contribution in [3.63, 3.8) is 0 Å². The molecule has 110 valence electrons. The SMILES string of the molecule is O=C(COc1ccccc1)Nc1ccc(-c2nn[nH]n2)cc1. The number of aromatic nitrogens is 4. The largest absolute Gasteiger partial charge is 0.484 e. The molecule has 1 heterocycles. The number of nitrogens with one attached hydrogen (secondary N) is 2. The number of carbonyl (C=O) groups is 1. The Labute approximate surface area is 126 Å². The molecular formula is C15H13N5O2. The summed E-state index contributed by atoms with van der Waals surface area (Å²) in [5.74, 6) is 0.937. The van der Waals surface area contributed by atoms with Crippen molar-refractivity contribution in [3.8, 4) is 17.1 Å². The second kappa shape index (κ2) is 6.49. The van der Waals surface area contributed by atoms with Crippen LogP contribution < -0.4 is 10.1 Å². The van der Waals surface area contributed by atoms with E-state index in [-0.39, 0.29) is 12.5 Å². The van der Waals surface area contributed by atoms with E-state index in [0.29, 0.717) is 17.3 Å². The normalized spacial score (nSPS) is 10.2. The Morgan fingerprint density at radius 3 is 2.55 bits per heavy atom. The summed E-state index contributed by atoms with van der Waals surface area (Å²) in [6.07, 6.45) is 0. The van der Waals surface area contributed by atoms with Crippen molar-refractivity contribution in [3.05, 3.63) is 54.6 Å². The molecule has 7 nitrogen and oxygen atoms in total. The molecule has 0 aliphatic rings. The number of hydrogen-bond donors (Lipinski definition) is 2. The van der Waals surface area contributed by atoms with E-state index in [0.717, 1.165) is 5.56 Å². The van der Waals surface area contributed by atoms with Gasteiger partial charge in [-0.2, -0.15) is 5.21 Å². The Morgan fingerprint density at radius 2 is 1.86 bits per heavy atom. The van der Waals surface area contributed by atoms with Crippen LogP contribution in [0.25, 0.3) is 11.4 Å². The Bertz CT molecular complexity index is 726. The summed E-state index contributed by atoms with van der Waals surface area (Å²) >= 11 is 0. The topological polar surface area (TPSA) is 92.8 Å². The van der Waals surface area contributed by atoms with Crippen molar-refractivity contribution in [2.45, 2.75) is 0 Å². The molecule has 1 amide bonds. The smallest absolute Gasteiger partial charge is 0.262 e. The van der Waals surface area contributed by atoms with Gasteiger partial charge in [0.15, 0.2) is 6.61 Å². The van der Waals surface area contributed by atoms with Crippen LogP contribution in [0.5, 0.6) is 5.75 Å². The van der Waals surface area contributed by atoms with Gasteiger partial charge in [0.05, 0.1) is 0 Å². The number of benzene rings is 2. The highest BCUT2D eigenvalue weighted by Gasteiger charge is 2.05. The minimum Gasteiger partial charge on any atom is -0.484 e. The van der Waals surface area contributed by atoms with E-state index < -0.39 is 0 Å². The molecule has 2 N–H and O–H groups in total. The van der Waals surface area contributed by atoms with Crippen LogP contribution in [0.4, 0.5) is 5.69 Å². The number of para-hydroxylation sites is 1. The first kappa shape index (κ1) is 13.7. The molecule has 0 saturated carbocycles. The van der Waals surface area contributed by atoms with Crippen molar-refractivity contribution in [2.24, 2.45) is 0 Å². The molecule has 7 heteroatoms. The van der Waals surface area contributed by atoms with E-state index in [9.17, 15) is 4.79 Å². The predicted molar refractivity (Wildman–Crippen MR) is 80.2 cm³/mol. The van der Waals surface area contributed by atoms with Crippen LogP contribution in [0.1, 0.15) is 0 Å². The van der Waals surface area contributed by atoms with Crippen LogP contribution in [0.2, 0.25) is 0 Å². The molecule has 3 aromatic rings. The molecule has 0 saturated heterocycles. The Balaban J connectivity index is 1.55. The van der Waals surface area contributed by atoms with Crippen LogP contribution in [-0.2, 0) is 4.79 Å². The predicted octanol–water partition coefficient (Wildman–Crippen LogP) is 1.88. The van der Waals surface area contributed by atoms with Gasteiger partial charge in [-0.25, -0.2) is 0 Å². The van der Waals surface area contributed by atoms with Crippen molar-refractivity contribution >= 4 is 11.6 Å². The molecule has 0 fully saturated rings. The van der Waals surface area contributed by atoms with E-state index in [1.54, 1.807) is 36.4 Å². The summed E-state index contributed by atoms with van der Waals surface area (Å²) in [6.45, 7) is -0.0450. The zero-order chi connectivity index (χ0) is 15.2. The van der Waals surface area contributed by atoms with Crippen molar-refractivity contribution in [1.29, 1.82) is 0 Å². The first-order chi connectivity index (χ1) is 10.8. The van der Waals surface area contributed by atoms with Crippen molar-refractivity contribution < 1.29 is 9.53 Å². The molecule has 1 aromatic heterocycles. The van der Waals surface area contributed by atoms with E-state index in [2.05, 4.69) is 25.9 Å². The van der Waals surface area contributed by atoms with Gasteiger partial charge in [-0.3, -0.25) is 4.79 Å². The highest BCUT2D eigenvalue weighted by molar-refractivity contribution is 5.92. The van der Waals surface area contributed by atoms with Gasteiger partial charge in [-0.1, -0.05) is 18.2 Å². The number of anilines is 1. The zero-order valence-corrected chi connectivity index (χ0v) is 11.6. The first-order valence-corrected chi connectivity index (χ1v) is 6.63. The molecule has 22 heavy (non-hydrogen) atoms. The van der Waals surface area contributed by atoms with Crippen LogP contribution in [0.3, 0.4) is 0 Å². The lowest BCUT2D eigenvalue weighted by Crippen LogP contribution is -2.20. The summed E-state index contributed by atoms with van der Waals surface area (Å²) in [4.78, 5) is 11.8. The average Bonchev–Trinajstić information content (AvgIpc) is 3.09. The Kier molecular flexibility index (Phi) is 4.05. The summed E-state index contributed by atoms with van der Waals surface area (Å²) in [7, 11) is 0. The Hall–Kier alpha value is -3.22. The molecular weight excluding hydrogens is 282 g/mol. The molecule has 0 aliphatic carbocycles. The summed E-state index contributed by atoms with van der Waals surface area (Å²) in [5.41, 5.74) is 1.49. The molecule has 0 atom stereocenters. The lowest BCUT2D eigenvalue weighted by atomic mass is 10.2. The minimum atomic E-state index is -0.226. The van der Waals surface area contributed by atoms with E-state index in [4.69, 9.17) is 4.74 Å². The van der Waals surface area contributed by atoms with Gasteiger partial charge in [-0.05, 0) is 41.6 Å². The number of nitrogens with zero attached hydrogens (tertiary/aromatic N) is 3. The number of amides is 1. The van der Waals surface area contributed by atoms with Gasteiger partial charge in [0.2, 0.25) is 5.82 Å². The number of carbonyl (C=O) groups excluding carboxylic acids is 1. The number of tetrazole rings is 1. The number of hydrogen-bond acceptors (Lipinski definition) is 5. The molecule has 0 unspecified atom stereocenters. The van der Waals surface area contributed by atoms with Gasteiger partial charge >= 0.3 is 0 Å². The van der Waals surface area contributed by atoms with Gasteiger partial charge in [-0.15, -0.1) is 10.2 Å². The highest BCUT2D eigenvalue weighted by atomic mass is 16.5. The molecule has 0 radical (unpaired) electrons. The number of aromatic amines is 1. The third-order valence-corrected chi connectivity index (χ3v) is 2.89. The lowest BCUT2D eigenvalue weighted by Gasteiger charge is -2.07. The van der Waals surface area contributed by atoms with E-state index >= 15 is 0 Å².